The number of fused-ring (bicyclic) bond motifs is 3. The summed E-state index contributed by atoms with van der Waals surface area (Å²) >= 11 is 6.38. The first kappa shape index (κ1) is 30.6. The number of ether oxygens (including phenoxy) is 1. The van der Waals surface area contributed by atoms with Gasteiger partial charge in [-0.15, -0.1) is 13.2 Å². The van der Waals surface area contributed by atoms with Crippen LogP contribution in [0.3, 0.4) is 0 Å². The first-order valence-electron chi connectivity index (χ1n) is 14.8. The Labute approximate surface area is 254 Å². The first-order chi connectivity index (χ1) is 20.0. The summed E-state index contributed by atoms with van der Waals surface area (Å²) in [6.45, 7) is 11.4. The number of carbonyl (C=O) groups excluding carboxylic acids is 1. The summed E-state index contributed by atoms with van der Waals surface area (Å²) in [7, 11) is -3.80. The number of rotatable bonds is 10. The zero-order chi connectivity index (χ0) is 30.1. The number of amides is 1. The lowest BCUT2D eigenvalue weighted by Gasteiger charge is -2.52. The van der Waals surface area contributed by atoms with Gasteiger partial charge in [0.1, 0.15) is 5.75 Å². The van der Waals surface area contributed by atoms with Gasteiger partial charge in [0, 0.05) is 29.1 Å². The van der Waals surface area contributed by atoms with Crippen LogP contribution in [-0.2, 0) is 21.9 Å². The van der Waals surface area contributed by atoms with E-state index in [4.69, 9.17) is 16.3 Å². The molecule has 1 amide bonds. The van der Waals surface area contributed by atoms with Crippen LogP contribution < -0.4 is 14.4 Å². The lowest BCUT2D eigenvalue weighted by Crippen LogP contribution is -2.53. The van der Waals surface area contributed by atoms with Gasteiger partial charge in [-0.25, -0.2) is 13.1 Å². The number of aryl methyl sites for hydroxylation is 1. The first-order valence-corrected chi connectivity index (χ1v) is 16.8. The summed E-state index contributed by atoms with van der Waals surface area (Å²) in [6, 6.07) is 11.3. The fourth-order valence-corrected chi connectivity index (χ4v) is 8.15. The van der Waals surface area contributed by atoms with Crippen molar-refractivity contribution in [2.45, 2.75) is 63.4 Å². The van der Waals surface area contributed by atoms with Crippen LogP contribution in [0.1, 0.15) is 66.9 Å². The molecule has 0 aromatic heterocycles. The van der Waals surface area contributed by atoms with Gasteiger partial charge in [-0.3, -0.25) is 4.79 Å². The van der Waals surface area contributed by atoms with Gasteiger partial charge in [0.15, 0.2) is 0 Å². The zero-order valence-electron chi connectivity index (χ0n) is 24.3. The van der Waals surface area contributed by atoms with Crippen LogP contribution in [0.4, 0.5) is 5.69 Å². The van der Waals surface area contributed by atoms with Crippen LogP contribution in [0.2, 0.25) is 5.02 Å². The van der Waals surface area contributed by atoms with Crippen molar-refractivity contribution in [1.29, 1.82) is 0 Å². The Bertz CT molecular complexity index is 1480. The van der Waals surface area contributed by atoms with Gasteiger partial charge in [0.2, 0.25) is 10.0 Å². The lowest BCUT2D eigenvalue weighted by molar-refractivity contribution is -0.0695. The summed E-state index contributed by atoms with van der Waals surface area (Å²) in [6.07, 6.45) is 8.42. The predicted molar refractivity (Wildman–Crippen MR) is 168 cm³/mol. The van der Waals surface area contributed by atoms with E-state index in [1.165, 1.54) is 17.2 Å². The smallest absolute Gasteiger partial charge is 0.264 e. The Morgan fingerprint density at radius 1 is 1.24 bits per heavy atom. The summed E-state index contributed by atoms with van der Waals surface area (Å²) in [4.78, 5) is 15.4. The van der Waals surface area contributed by atoms with Gasteiger partial charge in [-0.2, -0.15) is 0 Å². The molecule has 4 atom stereocenters. The van der Waals surface area contributed by atoms with E-state index in [0.717, 1.165) is 42.8 Å². The van der Waals surface area contributed by atoms with E-state index in [0.29, 0.717) is 31.9 Å². The van der Waals surface area contributed by atoms with E-state index in [1.807, 2.05) is 6.07 Å². The van der Waals surface area contributed by atoms with Gasteiger partial charge in [0.25, 0.3) is 5.91 Å². The third-order valence-corrected chi connectivity index (χ3v) is 11.2. The molecule has 3 aliphatic rings. The number of aliphatic hydroxyl groups excluding tert-OH is 1. The van der Waals surface area contributed by atoms with Crippen molar-refractivity contribution >= 4 is 33.2 Å². The van der Waals surface area contributed by atoms with E-state index in [2.05, 4.69) is 41.8 Å². The molecule has 2 N–H and O–H groups in total. The fourth-order valence-electron chi connectivity index (χ4n) is 6.98. The second kappa shape index (κ2) is 12.1. The maximum Gasteiger partial charge on any atom is 0.264 e. The van der Waals surface area contributed by atoms with Gasteiger partial charge in [-0.1, -0.05) is 36.7 Å². The summed E-state index contributed by atoms with van der Waals surface area (Å²) < 4.78 is 33.6. The molecule has 1 aliphatic heterocycles. The number of hydrogen-bond acceptors (Lipinski definition) is 6. The van der Waals surface area contributed by atoms with Gasteiger partial charge in [-0.05, 0) is 97.7 Å². The topological polar surface area (TPSA) is 95.9 Å². The molecular formula is C33H41ClN2O5S. The predicted octanol–water partition coefficient (Wildman–Crippen LogP) is 5.80. The SMILES string of the molecule is C=CCCS(=O)(=O)NC(=O)c1ccc2c(c1)N(C[C@H]1CC[C@]1(C)[C@@H](O)CC=C)CC1(CCCc3cc(Cl)ccc31)CO2. The monoisotopic (exact) mass is 612 g/mol. The largest absolute Gasteiger partial charge is 0.490 e. The number of allylic oxidation sites excluding steroid dienone is 1. The van der Waals surface area contributed by atoms with Crippen LogP contribution in [0, 0.1) is 11.3 Å². The highest BCUT2D eigenvalue weighted by molar-refractivity contribution is 7.90. The van der Waals surface area contributed by atoms with Crippen LogP contribution in [0.25, 0.3) is 0 Å². The minimum atomic E-state index is -3.80. The molecule has 1 unspecified atom stereocenters. The molecule has 2 aromatic rings. The number of halogens is 1. The zero-order valence-corrected chi connectivity index (χ0v) is 25.9. The summed E-state index contributed by atoms with van der Waals surface area (Å²) in [5.41, 5.74) is 2.96. The number of hydrogen-bond donors (Lipinski definition) is 2. The van der Waals surface area contributed by atoms with Crippen molar-refractivity contribution in [2.75, 3.05) is 30.3 Å². The Morgan fingerprint density at radius 2 is 2.05 bits per heavy atom. The maximum atomic E-state index is 13.1. The van der Waals surface area contributed by atoms with Crippen molar-refractivity contribution in [2.24, 2.45) is 11.3 Å². The molecule has 5 rings (SSSR count). The van der Waals surface area contributed by atoms with Gasteiger partial charge in [0.05, 0.1) is 24.2 Å². The lowest BCUT2D eigenvalue weighted by atomic mass is 9.57. The molecular weight excluding hydrogens is 572 g/mol. The van der Waals surface area contributed by atoms with Crippen molar-refractivity contribution in [1.82, 2.24) is 4.72 Å². The number of nitrogens with one attached hydrogen (secondary N) is 1. The average molecular weight is 613 g/mol. The van der Waals surface area contributed by atoms with Crippen molar-refractivity contribution in [3.05, 3.63) is 83.4 Å². The molecule has 0 saturated heterocycles. The number of benzene rings is 2. The summed E-state index contributed by atoms with van der Waals surface area (Å²) in [5, 5.41) is 11.7. The molecule has 1 fully saturated rings. The average Bonchev–Trinajstić information content (AvgIpc) is 3.10. The molecule has 0 radical (unpaired) electrons. The number of sulfonamides is 1. The highest BCUT2D eigenvalue weighted by Crippen LogP contribution is 2.52. The van der Waals surface area contributed by atoms with E-state index in [1.54, 1.807) is 24.3 Å². The molecule has 0 bridgehead atoms. The molecule has 1 saturated carbocycles. The second-order valence-corrected chi connectivity index (χ2v) is 14.7. The van der Waals surface area contributed by atoms with E-state index in [9.17, 15) is 18.3 Å². The molecule has 7 nitrogen and oxygen atoms in total. The molecule has 2 aromatic carbocycles. The van der Waals surface area contributed by atoms with E-state index in [-0.39, 0.29) is 34.5 Å². The minimum absolute atomic E-state index is 0.207. The van der Waals surface area contributed by atoms with Gasteiger partial charge < -0.3 is 14.7 Å². The molecule has 1 spiro atoms. The van der Waals surface area contributed by atoms with Crippen LogP contribution in [-0.4, -0.2) is 51.0 Å². The quantitative estimate of drug-likeness (QED) is 0.329. The highest BCUT2D eigenvalue weighted by Gasteiger charge is 2.49. The number of anilines is 1. The normalized spacial score (nSPS) is 25.7. The summed E-state index contributed by atoms with van der Waals surface area (Å²) in [5.74, 6) is 0.00211. The third-order valence-electron chi connectivity index (χ3n) is 9.69. The standard InChI is InChI=1S/C33H41ClN2O5S/c1-4-6-17-42(39,40)35-31(38)24-10-13-29-28(19-24)36(20-25-14-16-32(25,3)30(37)8-5-2)21-33(22-41-29)15-7-9-23-18-26(34)11-12-27(23)33/h4-5,10-13,18-19,25,30,37H,1-2,6-9,14-17,20-22H2,3H3,(H,35,38)/t25-,30+,32+,33?/m1/s1. The number of aliphatic hydroxyl groups is 1. The van der Waals surface area contributed by atoms with Crippen molar-refractivity contribution in [3.63, 3.8) is 0 Å². The Hall–Kier alpha value is -2.81. The van der Waals surface area contributed by atoms with Gasteiger partial charge >= 0.3 is 0 Å². The van der Waals surface area contributed by atoms with Crippen molar-refractivity contribution < 1.29 is 23.1 Å². The third kappa shape index (κ3) is 5.99. The highest BCUT2D eigenvalue weighted by atomic mass is 35.5. The van der Waals surface area contributed by atoms with Crippen LogP contribution >= 0.6 is 11.6 Å². The Morgan fingerprint density at radius 3 is 2.76 bits per heavy atom. The van der Waals surface area contributed by atoms with Crippen LogP contribution in [0.15, 0.2) is 61.7 Å². The Kier molecular flexibility index (Phi) is 8.80. The Balaban J connectivity index is 1.52. The number of nitrogens with zero attached hydrogens (tertiary/aromatic N) is 1. The van der Waals surface area contributed by atoms with Crippen LogP contribution in [0.5, 0.6) is 5.75 Å². The minimum Gasteiger partial charge on any atom is -0.490 e. The second-order valence-electron chi connectivity index (χ2n) is 12.4. The molecule has 1 heterocycles. The van der Waals surface area contributed by atoms with E-state index < -0.39 is 22.0 Å². The molecule has 226 valence electrons. The molecule has 9 heteroatoms. The fraction of sp³-hybridized carbons (Fsp3) is 0.485. The van der Waals surface area contributed by atoms with E-state index >= 15 is 0 Å². The number of carbonyl (C=O) groups is 1. The maximum absolute atomic E-state index is 13.1. The molecule has 2 aliphatic carbocycles. The molecule has 42 heavy (non-hydrogen) atoms. The van der Waals surface area contributed by atoms with Crippen molar-refractivity contribution in [3.8, 4) is 5.75 Å².